The summed E-state index contributed by atoms with van der Waals surface area (Å²) in [5, 5.41) is 18.5. The summed E-state index contributed by atoms with van der Waals surface area (Å²) in [7, 11) is 0. The van der Waals surface area contributed by atoms with Crippen molar-refractivity contribution in [1.82, 2.24) is 20.5 Å². The van der Waals surface area contributed by atoms with Crippen molar-refractivity contribution < 1.29 is 28.0 Å². The number of nitrogens with zero attached hydrogens (tertiary/aromatic N) is 4. The number of nitriles is 1. The topological polar surface area (TPSA) is 162 Å². The van der Waals surface area contributed by atoms with Gasteiger partial charge in [0, 0.05) is 78.7 Å². The molecule has 4 aromatic carbocycles. The van der Waals surface area contributed by atoms with Crippen molar-refractivity contribution in [2.75, 3.05) is 36.8 Å². The number of halogens is 3. The molecule has 7 rings (SSSR count). The molecule has 1 fully saturated rings. The summed E-state index contributed by atoms with van der Waals surface area (Å²) >= 11 is 6.91. The molecule has 2 aliphatic heterocycles. The monoisotopic (exact) mass is 893 g/mol. The van der Waals surface area contributed by atoms with Gasteiger partial charge in [0.15, 0.2) is 0 Å². The van der Waals surface area contributed by atoms with Gasteiger partial charge in [0.25, 0.3) is 11.8 Å². The summed E-state index contributed by atoms with van der Waals surface area (Å²) in [5.41, 5.74) is 11.0. The van der Waals surface area contributed by atoms with Gasteiger partial charge >= 0.3 is 0 Å². The van der Waals surface area contributed by atoms with Crippen molar-refractivity contribution in [2.45, 2.75) is 58.4 Å². The standard InChI is InChI=1S/C36H40N6O4S.C6H6ClN.C6H4F2/c1-24-6-7-29-20-28(12-13-32(29)42(24)25(2)43)26-8-10-27(11-9-26)34(44)39-15-4-3-5-16-40-35(45)30-14-18-41(23-30)36(46)31(22-37)21-33-38-17-19-47-33;7-5-1-3-6(8)4-2-5;7-5-2-1-3-6(8)4-5/h8-13,17,19-21,24,30H,3-7,14-16,18,23H2,1-2H3,(H,39,44)(H,40,45);1-4H,8H2;1-4H/b31-21+;;/t24-,30?;;/m0../s1. The molecule has 0 aliphatic carbocycles. The Balaban J connectivity index is 0.000000388. The zero-order chi connectivity index (χ0) is 45.3. The van der Waals surface area contributed by atoms with Crippen LogP contribution >= 0.6 is 22.9 Å². The van der Waals surface area contributed by atoms with Crippen LogP contribution in [0.4, 0.5) is 20.2 Å². The normalized spacial score (nSPS) is 15.4. The molecule has 0 spiro atoms. The van der Waals surface area contributed by atoms with E-state index in [-0.39, 0.29) is 41.2 Å². The lowest BCUT2D eigenvalue weighted by atomic mass is 9.93. The summed E-state index contributed by atoms with van der Waals surface area (Å²) in [4.78, 5) is 57.8. The Kier molecular flexibility index (Phi) is 17.9. The number of hydrogen-bond acceptors (Lipinski definition) is 8. The number of carbonyl (C=O) groups excluding carboxylic acids is 4. The number of unbranched alkanes of at least 4 members (excludes halogenated alkanes) is 2. The average molecular weight is 894 g/mol. The molecule has 328 valence electrons. The quantitative estimate of drug-likeness (QED) is 0.0517. The predicted molar refractivity (Wildman–Crippen MR) is 245 cm³/mol. The van der Waals surface area contributed by atoms with Crippen molar-refractivity contribution in [2.24, 2.45) is 5.92 Å². The molecule has 1 aromatic heterocycles. The zero-order valence-corrected chi connectivity index (χ0v) is 36.7. The molecule has 1 unspecified atom stereocenters. The highest BCUT2D eigenvalue weighted by Gasteiger charge is 2.32. The molecule has 1 saturated heterocycles. The van der Waals surface area contributed by atoms with E-state index in [2.05, 4.69) is 28.6 Å². The Morgan fingerprint density at radius 3 is 2.21 bits per heavy atom. The number of amides is 4. The molecule has 63 heavy (non-hydrogen) atoms. The SMILES string of the molecule is CC(=O)N1c2ccc(-c3ccc(C(=O)NCCCCCNC(=O)C4CCN(C(=O)/C(C#N)=C/c5nccs5)C4)cc3)cc2CC[C@@H]1C.Fc1cccc(F)c1.Nc1ccc(Cl)cc1. The van der Waals surface area contributed by atoms with Crippen LogP contribution in [0.5, 0.6) is 0 Å². The third-order valence-corrected chi connectivity index (χ3v) is 11.4. The Morgan fingerprint density at radius 2 is 1.60 bits per heavy atom. The lowest BCUT2D eigenvalue weighted by Crippen LogP contribution is -2.40. The Hall–Kier alpha value is -6.43. The van der Waals surface area contributed by atoms with Gasteiger partial charge in [-0.25, -0.2) is 13.8 Å². The average Bonchev–Trinajstić information content (AvgIpc) is 4.00. The predicted octanol–water partition coefficient (Wildman–Crippen LogP) is 8.86. The number of hydrogen-bond donors (Lipinski definition) is 3. The fourth-order valence-corrected chi connectivity index (χ4v) is 7.83. The van der Waals surface area contributed by atoms with Crippen LogP contribution in [0.25, 0.3) is 17.2 Å². The molecular formula is C48H50ClF2N7O4S. The maximum Gasteiger partial charge on any atom is 0.264 e. The van der Waals surface area contributed by atoms with Gasteiger partial charge in [0.2, 0.25) is 11.8 Å². The molecule has 0 saturated carbocycles. The number of likely N-dealkylation sites (tertiary alicyclic amines) is 1. The molecule has 4 amide bonds. The third kappa shape index (κ3) is 14.3. The number of rotatable bonds is 11. The highest BCUT2D eigenvalue weighted by atomic mass is 35.5. The summed E-state index contributed by atoms with van der Waals surface area (Å²) < 4.78 is 23.9. The number of fused-ring (bicyclic) bond motifs is 1. The van der Waals surface area contributed by atoms with Crippen LogP contribution in [0.2, 0.25) is 5.02 Å². The van der Waals surface area contributed by atoms with Crippen LogP contribution in [-0.4, -0.2) is 65.7 Å². The van der Waals surface area contributed by atoms with Crippen molar-refractivity contribution in [1.29, 1.82) is 5.26 Å². The minimum absolute atomic E-state index is 0.0224. The molecule has 15 heteroatoms. The second-order valence-electron chi connectivity index (χ2n) is 15.1. The lowest BCUT2D eigenvalue weighted by molar-refractivity contribution is -0.127. The fraction of sp³-hybridized carbons (Fsp3) is 0.292. The van der Waals surface area contributed by atoms with E-state index in [4.69, 9.17) is 17.3 Å². The summed E-state index contributed by atoms with van der Waals surface area (Å²) in [6.45, 7) is 5.49. The number of nitrogens with two attached hydrogens (primary N) is 1. The minimum atomic E-state index is -0.537. The van der Waals surface area contributed by atoms with E-state index in [1.165, 1.54) is 41.2 Å². The van der Waals surface area contributed by atoms with Gasteiger partial charge in [-0.05, 0) is 129 Å². The first-order chi connectivity index (χ1) is 30.3. The van der Waals surface area contributed by atoms with Crippen molar-refractivity contribution in [3.63, 3.8) is 0 Å². The lowest BCUT2D eigenvalue weighted by Gasteiger charge is -2.34. The van der Waals surface area contributed by atoms with E-state index in [0.717, 1.165) is 65.7 Å². The second-order valence-corrected chi connectivity index (χ2v) is 16.4. The van der Waals surface area contributed by atoms with E-state index >= 15 is 0 Å². The van der Waals surface area contributed by atoms with Crippen molar-refractivity contribution >= 4 is 64.0 Å². The van der Waals surface area contributed by atoms with Gasteiger partial charge in [-0.2, -0.15) is 5.26 Å². The number of carbonyl (C=O) groups is 4. The van der Waals surface area contributed by atoms with Crippen LogP contribution in [0.1, 0.15) is 66.9 Å². The van der Waals surface area contributed by atoms with E-state index in [1.807, 2.05) is 47.4 Å². The second kappa shape index (κ2) is 23.7. The van der Waals surface area contributed by atoms with Crippen LogP contribution in [0.15, 0.2) is 108 Å². The van der Waals surface area contributed by atoms with Gasteiger partial charge < -0.3 is 26.2 Å². The number of nitrogen functional groups attached to an aromatic ring is 1. The number of benzene rings is 4. The summed E-state index contributed by atoms with van der Waals surface area (Å²) in [6, 6.07) is 27.5. The van der Waals surface area contributed by atoms with Gasteiger partial charge in [-0.3, -0.25) is 19.2 Å². The molecule has 11 nitrogen and oxygen atoms in total. The largest absolute Gasteiger partial charge is 0.399 e. The van der Waals surface area contributed by atoms with Crippen molar-refractivity contribution in [3.05, 3.63) is 141 Å². The maximum atomic E-state index is 12.8. The molecule has 4 N–H and O–H groups in total. The number of anilines is 2. The smallest absolute Gasteiger partial charge is 0.264 e. The van der Waals surface area contributed by atoms with Gasteiger partial charge in [-0.15, -0.1) is 11.3 Å². The van der Waals surface area contributed by atoms with E-state index in [9.17, 15) is 33.2 Å². The van der Waals surface area contributed by atoms with Gasteiger partial charge in [0.05, 0.1) is 5.92 Å². The molecule has 3 heterocycles. The molecule has 2 aliphatic rings. The first kappa shape index (κ1) is 47.6. The highest BCUT2D eigenvalue weighted by molar-refractivity contribution is 7.10. The molecule has 0 radical (unpaired) electrons. The van der Waals surface area contributed by atoms with Crippen LogP contribution in [0.3, 0.4) is 0 Å². The fourth-order valence-electron chi connectivity index (χ4n) is 7.13. The highest BCUT2D eigenvalue weighted by Crippen LogP contribution is 2.34. The molecule has 0 bridgehead atoms. The van der Waals surface area contributed by atoms with Gasteiger partial charge in [-0.1, -0.05) is 35.9 Å². The molecule has 2 atom stereocenters. The van der Waals surface area contributed by atoms with Crippen LogP contribution in [-0.2, 0) is 20.8 Å². The first-order valence-electron chi connectivity index (χ1n) is 20.6. The maximum absolute atomic E-state index is 12.8. The van der Waals surface area contributed by atoms with Gasteiger partial charge in [0.1, 0.15) is 28.3 Å². The van der Waals surface area contributed by atoms with Crippen molar-refractivity contribution in [3.8, 4) is 17.2 Å². The zero-order valence-electron chi connectivity index (χ0n) is 35.2. The van der Waals surface area contributed by atoms with E-state index < -0.39 is 11.6 Å². The number of thiazole rings is 1. The van der Waals surface area contributed by atoms with Crippen LogP contribution < -0.4 is 21.3 Å². The number of aromatic nitrogens is 1. The Morgan fingerprint density at radius 1 is 0.921 bits per heavy atom. The van der Waals surface area contributed by atoms with Crippen LogP contribution in [0, 0.1) is 28.9 Å². The summed E-state index contributed by atoms with van der Waals surface area (Å²) in [6.07, 6.45) is 7.95. The Bertz CT molecular complexity index is 2370. The first-order valence-corrected chi connectivity index (χ1v) is 21.9. The number of nitrogens with one attached hydrogen (secondary N) is 2. The molecule has 5 aromatic rings. The third-order valence-electron chi connectivity index (χ3n) is 10.4. The van der Waals surface area contributed by atoms with E-state index in [1.54, 1.807) is 47.7 Å². The minimum Gasteiger partial charge on any atom is -0.399 e. The summed E-state index contributed by atoms with van der Waals surface area (Å²) in [5.74, 6) is -1.88. The number of aryl methyl sites for hydroxylation is 1. The Labute approximate surface area is 375 Å². The van der Waals surface area contributed by atoms with E-state index in [0.29, 0.717) is 43.2 Å². The molecular weight excluding hydrogens is 844 g/mol.